The van der Waals surface area contributed by atoms with Crippen LogP contribution in [0.3, 0.4) is 0 Å². The molecule has 2 aromatic carbocycles. The van der Waals surface area contributed by atoms with Gasteiger partial charge in [-0.15, -0.1) is 17.9 Å². The van der Waals surface area contributed by atoms with Gasteiger partial charge in [-0.2, -0.15) is 0 Å². The van der Waals surface area contributed by atoms with E-state index in [4.69, 9.17) is 4.74 Å². The van der Waals surface area contributed by atoms with E-state index in [1.165, 1.54) is 16.9 Å². The highest BCUT2D eigenvalue weighted by atomic mass is 32.2. The van der Waals surface area contributed by atoms with Gasteiger partial charge in [0.15, 0.2) is 0 Å². The lowest BCUT2D eigenvalue weighted by Gasteiger charge is -2.36. The summed E-state index contributed by atoms with van der Waals surface area (Å²) >= 11 is 1.53. The fraction of sp³-hybridized carbons (Fsp3) is 0.296. The number of methoxy groups -OCH3 is 1. The zero-order valence-electron chi connectivity index (χ0n) is 19.9. The summed E-state index contributed by atoms with van der Waals surface area (Å²) in [6.45, 7) is 10.5. The molecule has 1 amide bonds. The average Bonchev–Trinajstić information content (AvgIpc) is 3.28. The molecule has 2 aliphatic rings. The minimum atomic E-state index is -1.04. The van der Waals surface area contributed by atoms with Crippen LogP contribution >= 0.6 is 11.3 Å². The van der Waals surface area contributed by atoms with Crippen LogP contribution in [-0.2, 0) is 16.6 Å². The largest absolute Gasteiger partial charge is 0.497 e. The number of allylic oxidation sites excluding steroid dienone is 1. The third-order valence-corrected chi connectivity index (χ3v) is 8.31. The molecule has 0 N–H and O–H groups in total. The number of rotatable bonds is 3. The van der Waals surface area contributed by atoms with Gasteiger partial charge in [0.2, 0.25) is 0 Å². The van der Waals surface area contributed by atoms with Crippen molar-refractivity contribution in [3.8, 4) is 16.2 Å². The van der Waals surface area contributed by atoms with E-state index in [1.54, 1.807) is 7.11 Å². The second-order valence-electron chi connectivity index (χ2n) is 8.64. The van der Waals surface area contributed by atoms with Crippen LogP contribution in [0.15, 0.2) is 71.6 Å². The summed E-state index contributed by atoms with van der Waals surface area (Å²) in [6.07, 6.45) is 0. The minimum absolute atomic E-state index is 0.0760. The van der Waals surface area contributed by atoms with Crippen LogP contribution in [0.2, 0.25) is 0 Å². The Labute approximate surface area is 208 Å². The summed E-state index contributed by atoms with van der Waals surface area (Å²) in [5.41, 5.74) is 4.34. The standard InChI is InChI=1S/C23H22N2O3S2.C4H8/c1-28-18-8-6-17(7-9-18)24-10-12-25(13-11-24)23(26)20-14-16-15-30(27)21-5-3-2-4-19(21)22(16)29-20;1-4(2)3/h2-9,14H,10-13,15H2,1H3;1H2,2-3H3. The number of benzene rings is 2. The number of nitrogens with zero attached hydrogens (tertiary/aromatic N) is 2. The summed E-state index contributed by atoms with van der Waals surface area (Å²) in [4.78, 5) is 20.1. The van der Waals surface area contributed by atoms with Gasteiger partial charge < -0.3 is 14.5 Å². The van der Waals surface area contributed by atoms with Gasteiger partial charge in [0, 0.05) is 47.2 Å². The molecular weight excluding hydrogens is 464 g/mol. The van der Waals surface area contributed by atoms with Crippen molar-refractivity contribution in [2.75, 3.05) is 38.2 Å². The highest BCUT2D eigenvalue weighted by Gasteiger charge is 2.28. The smallest absolute Gasteiger partial charge is 0.264 e. The fourth-order valence-electron chi connectivity index (χ4n) is 4.06. The summed E-state index contributed by atoms with van der Waals surface area (Å²) < 4.78 is 17.8. The third kappa shape index (κ3) is 5.26. The maximum atomic E-state index is 13.2. The van der Waals surface area contributed by atoms with Gasteiger partial charge >= 0.3 is 0 Å². The van der Waals surface area contributed by atoms with Crippen molar-refractivity contribution in [3.05, 3.63) is 77.2 Å². The summed E-state index contributed by atoms with van der Waals surface area (Å²) in [5, 5.41) is 0. The van der Waals surface area contributed by atoms with E-state index in [-0.39, 0.29) is 5.91 Å². The molecule has 0 aliphatic carbocycles. The number of fused-ring (bicyclic) bond motifs is 3. The maximum Gasteiger partial charge on any atom is 0.264 e. The van der Waals surface area contributed by atoms with Gasteiger partial charge in [-0.25, -0.2) is 0 Å². The molecule has 1 atom stereocenters. The molecule has 178 valence electrons. The first-order valence-electron chi connectivity index (χ1n) is 11.3. The Hall–Kier alpha value is -2.90. The Morgan fingerprint density at radius 1 is 1.03 bits per heavy atom. The molecule has 1 aromatic heterocycles. The van der Waals surface area contributed by atoms with E-state index in [0.717, 1.165) is 50.3 Å². The van der Waals surface area contributed by atoms with Crippen molar-refractivity contribution in [2.24, 2.45) is 0 Å². The van der Waals surface area contributed by atoms with Crippen LogP contribution < -0.4 is 9.64 Å². The monoisotopic (exact) mass is 494 g/mol. The van der Waals surface area contributed by atoms with Crippen LogP contribution in [0.1, 0.15) is 29.1 Å². The third-order valence-electron chi connectivity index (χ3n) is 5.69. The zero-order chi connectivity index (χ0) is 24.2. The second-order valence-corrected chi connectivity index (χ2v) is 11.1. The quantitative estimate of drug-likeness (QED) is 0.446. The summed E-state index contributed by atoms with van der Waals surface area (Å²) in [6, 6.07) is 17.8. The maximum absolute atomic E-state index is 13.2. The van der Waals surface area contributed by atoms with E-state index < -0.39 is 10.8 Å². The topological polar surface area (TPSA) is 49.9 Å². The Bertz CT molecular complexity index is 1200. The van der Waals surface area contributed by atoms with Crippen molar-refractivity contribution >= 4 is 33.7 Å². The predicted octanol–water partition coefficient (Wildman–Crippen LogP) is 5.59. The van der Waals surface area contributed by atoms with Crippen LogP contribution in [0.5, 0.6) is 5.75 Å². The molecule has 0 bridgehead atoms. The van der Waals surface area contributed by atoms with Gasteiger partial charge in [-0.3, -0.25) is 9.00 Å². The lowest BCUT2D eigenvalue weighted by Crippen LogP contribution is -2.48. The number of ether oxygens (including phenoxy) is 1. The zero-order valence-corrected chi connectivity index (χ0v) is 21.5. The highest BCUT2D eigenvalue weighted by Crippen LogP contribution is 2.41. The minimum Gasteiger partial charge on any atom is -0.497 e. The fourth-order valence-corrected chi connectivity index (χ4v) is 6.71. The first-order chi connectivity index (χ1) is 16.4. The number of hydrogen-bond donors (Lipinski definition) is 0. The Balaban J connectivity index is 0.000000636. The molecule has 0 radical (unpaired) electrons. The summed E-state index contributed by atoms with van der Waals surface area (Å²) in [5.74, 6) is 1.41. The molecule has 0 saturated carbocycles. The van der Waals surface area contributed by atoms with Gasteiger partial charge in [-0.1, -0.05) is 23.8 Å². The lowest BCUT2D eigenvalue weighted by molar-refractivity contribution is 0.0751. The van der Waals surface area contributed by atoms with Crippen molar-refractivity contribution in [1.29, 1.82) is 0 Å². The molecule has 3 heterocycles. The number of amides is 1. The SMILES string of the molecule is C=C(C)C.COc1ccc(N2CCN(C(=O)c3cc4c(s3)-c3ccccc3S(=O)C4)CC2)cc1. The number of piperazine rings is 1. The Morgan fingerprint density at radius 2 is 1.68 bits per heavy atom. The van der Waals surface area contributed by atoms with Crippen molar-refractivity contribution in [1.82, 2.24) is 4.90 Å². The van der Waals surface area contributed by atoms with Gasteiger partial charge in [-0.05, 0) is 55.8 Å². The molecule has 1 unspecified atom stereocenters. The normalized spacial score (nSPS) is 16.6. The van der Waals surface area contributed by atoms with Crippen LogP contribution in [-0.4, -0.2) is 48.3 Å². The lowest BCUT2D eigenvalue weighted by atomic mass is 10.1. The molecular formula is C27H30N2O3S2. The van der Waals surface area contributed by atoms with Crippen LogP contribution in [0.4, 0.5) is 5.69 Å². The number of anilines is 1. The van der Waals surface area contributed by atoms with Crippen LogP contribution in [0, 0.1) is 0 Å². The molecule has 5 nitrogen and oxygen atoms in total. The van der Waals surface area contributed by atoms with Crippen molar-refractivity contribution in [3.63, 3.8) is 0 Å². The van der Waals surface area contributed by atoms with Crippen LogP contribution in [0.25, 0.3) is 10.4 Å². The van der Waals surface area contributed by atoms with Gasteiger partial charge in [0.25, 0.3) is 5.91 Å². The first-order valence-corrected chi connectivity index (χ1v) is 13.4. The highest BCUT2D eigenvalue weighted by molar-refractivity contribution is 7.84. The predicted molar refractivity (Wildman–Crippen MR) is 141 cm³/mol. The molecule has 34 heavy (non-hydrogen) atoms. The van der Waals surface area contributed by atoms with E-state index in [9.17, 15) is 9.00 Å². The van der Waals surface area contributed by atoms with E-state index >= 15 is 0 Å². The average molecular weight is 495 g/mol. The van der Waals surface area contributed by atoms with Gasteiger partial charge in [0.05, 0.1) is 28.5 Å². The molecule has 3 aromatic rings. The van der Waals surface area contributed by atoms with E-state index in [1.807, 2.05) is 61.2 Å². The molecule has 7 heteroatoms. The first kappa shape index (κ1) is 24.2. The molecule has 2 aliphatic heterocycles. The molecule has 1 fully saturated rings. The van der Waals surface area contributed by atoms with Crippen molar-refractivity contribution < 1.29 is 13.7 Å². The Kier molecular flexibility index (Phi) is 7.54. The van der Waals surface area contributed by atoms with Gasteiger partial charge in [0.1, 0.15) is 5.75 Å². The number of carbonyl (C=O) groups is 1. The molecule has 1 saturated heterocycles. The van der Waals surface area contributed by atoms with E-state index in [0.29, 0.717) is 18.8 Å². The number of thiophene rings is 1. The number of hydrogen-bond acceptors (Lipinski definition) is 5. The second kappa shape index (κ2) is 10.6. The molecule has 0 spiro atoms. The number of carbonyl (C=O) groups excluding carboxylic acids is 1. The molecule has 5 rings (SSSR count). The van der Waals surface area contributed by atoms with Crippen molar-refractivity contribution in [2.45, 2.75) is 24.5 Å². The van der Waals surface area contributed by atoms with E-state index in [2.05, 4.69) is 23.6 Å². The Morgan fingerprint density at radius 3 is 2.32 bits per heavy atom. The summed E-state index contributed by atoms with van der Waals surface area (Å²) in [7, 11) is 0.621.